The minimum absolute atomic E-state index is 0.0728. The van der Waals surface area contributed by atoms with E-state index in [0.29, 0.717) is 19.7 Å². The average molecular weight is 375 g/mol. The monoisotopic (exact) mass is 375 g/mol. The van der Waals surface area contributed by atoms with E-state index in [2.05, 4.69) is 21.4 Å². The fourth-order valence-electron chi connectivity index (χ4n) is 3.58. The molecule has 0 N–H and O–H groups in total. The quantitative estimate of drug-likeness (QED) is 0.804. The van der Waals surface area contributed by atoms with Crippen LogP contribution in [0.5, 0.6) is 0 Å². The molecular formula is C19H25N3O3S. The Labute approximate surface area is 157 Å². The number of rotatable bonds is 5. The summed E-state index contributed by atoms with van der Waals surface area (Å²) in [6.07, 6.45) is 3.52. The fourth-order valence-corrected chi connectivity index (χ4v) is 4.37. The standard InChI is InChI=1S/C19H25N3O3S/c23-18(14-24-13-15-5-3-4-12-25-15)21-8-10-22(11-9-21)19-16-6-1-2-7-17(16)26-20-19/h1-2,6-7,15H,3-5,8-14H2/t15-/m0/s1. The Kier molecular flexibility index (Phi) is 5.67. The number of benzene rings is 1. The summed E-state index contributed by atoms with van der Waals surface area (Å²) in [6.45, 7) is 4.55. The minimum Gasteiger partial charge on any atom is -0.376 e. The summed E-state index contributed by atoms with van der Waals surface area (Å²) in [7, 11) is 0. The van der Waals surface area contributed by atoms with Crippen LogP contribution in [0.2, 0.25) is 0 Å². The topological polar surface area (TPSA) is 54.9 Å². The molecule has 0 spiro atoms. The van der Waals surface area contributed by atoms with Crippen LogP contribution in [0.3, 0.4) is 0 Å². The Morgan fingerprint density at radius 1 is 1.23 bits per heavy atom. The lowest BCUT2D eigenvalue weighted by Gasteiger charge is -2.35. The van der Waals surface area contributed by atoms with Gasteiger partial charge < -0.3 is 19.3 Å². The van der Waals surface area contributed by atoms with E-state index in [1.807, 2.05) is 17.0 Å². The molecule has 2 aromatic rings. The van der Waals surface area contributed by atoms with Gasteiger partial charge in [0, 0.05) is 38.2 Å². The Hall–Kier alpha value is -1.70. The van der Waals surface area contributed by atoms with E-state index in [1.165, 1.54) is 28.0 Å². The fraction of sp³-hybridized carbons (Fsp3) is 0.579. The third-order valence-electron chi connectivity index (χ3n) is 5.09. The molecule has 4 rings (SSSR count). The second-order valence-electron chi connectivity index (χ2n) is 6.87. The highest BCUT2D eigenvalue weighted by atomic mass is 32.1. The van der Waals surface area contributed by atoms with Gasteiger partial charge in [0.15, 0.2) is 0 Å². The first-order chi connectivity index (χ1) is 12.8. The molecule has 2 fully saturated rings. The van der Waals surface area contributed by atoms with Gasteiger partial charge in [0.05, 0.1) is 17.4 Å². The molecule has 1 aromatic heterocycles. The first kappa shape index (κ1) is 17.7. The Balaban J connectivity index is 1.24. The summed E-state index contributed by atoms with van der Waals surface area (Å²) in [4.78, 5) is 16.5. The zero-order valence-electron chi connectivity index (χ0n) is 14.9. The summed E-state index contributed by atoms with van der Waals surface area (Å²) in [5.74, 6) is 1.12. The lowest BCUT2D eigenvalue weighted by atomic mass is 10.1. The molecule has 1 aromatic carbocycles. The molecule has 2 aliphatic heterocycles. The molecule has 2 saturated heterocycles. The minimum atomic E-state index is 0.0728. The first-order valence-electron chi connectivity index (χ1n) is 9.38. The number of hydrogen-bond donors (Lipinski definition) is 0. The number of fused-ring (bicyclic) bond motifs is 1. The number of aromatic nitrogens is 1. The van der Waals surface area contributed by atoms with Crippen LogP contribution >= 0.6 is 11.5 Å². The summed E-state index contributed by atoms with van der Waals surface area (Å²) >= 11 is 1.54. The van der Waals surface area contributed by atoms with Crippen molar-refractivity contribution in [3.8, 4) is 0 Å². The van der Waals surface area contributed by atoms with Crippen molar-refractivity contribution < 1.29 is 14.3 Å². The highest BCUT2D eigenvalue weighted by Gasteiger charge is 2.24. The maximum Gasteiger partial charge on any atom is 0.248 e. The van der Waals surface area contributed by atoms with Crippen molar-refractivity contribution in [2.45, 2.75) is 25.4 Å². The number of ether oxygens (including phenoxy) is 2. The van der Waals surface area contributed by atoms with Crippen molar-refractivity contribution in [2.24, 2.45) is 0 Å². The number of hydrogen-bond acceptors (Lipinski definition) is 6. The van der Waals surface area contributed by atoms with Crippen molar-refractivity contribution in [3.05, 3.63) is 24.3 Å². The van der Waals surface area contributed by atoms with Gasteiger partial charge in [-0.3, -0.25) is 4.79 Å². The normalized spacial score (nSPS) is 21.3. The van der Waals surface area contributed by atoms with E-state index in [4.69, 9.17) is 9.47 Å². The third kappa shape index (κ3) is 4.00. The molecule has 140 valence electrons. The van der Waals surface area contributed by atoms with Crippen molar-refractivity contribution >= 4 is 33.3 Å². The number of piperazine rings is 1. The molecule has 0 bridgehead atoms. The van der Waals surface area contributed by atoms with E-state index in [9.17, 15) is 4.79 Å². The second kappa shape index (κ2) is 8.33. The Morgan fingerprint density at radius 2 is 2.08 bits per heavy atom. The van der Waals surface area contributed by atoms with Gasteiger partial charge in [-0.2, -0.15) is 4.37 Å². The van der Waals surface area contributed by atoms with Crippen molar-refractivity contribution in [1.29, 1.82) is 0 Å². The Morgan fingerprint density at radius 3 is 2.88 bits per heavy atom. The highest BCUT2D eigenvalue weighted by Crippen LogP contribution is 2.29. The van der Waals surface area contributed by atoms with E-state index in [0.717, 1.165) is 38.4 Å². The maximum atomic E-state index is 12.4. The van der Waals surface area contributed by atoms with Gasteiger partial charge in [-0.05, 0) is 42.9 Å². The predicted octanol–water partition coefficient (Wildman–Crippen LogP) is 2.53. The van der Waals surface area contributed by atoms with Gasteiger partial charge in [0.1, 0.15) is 12.4 Å². The molecule has 3 heterocycles. The smallest absolute Gasteiger partial charge is 0.248 e. The SMILES string of the molecule is O=C(COC[C@@H]1CCCCO1)N1CCN(c2nsc3ccccc23)CC1. The molecule has 6 nitrogen and oxygen atoms in total. The van der Waals surface area contributed by atoms with Crippen LogP contribution in [0.25, 0.3) is 10.1 Å². The van der Waals surface area contributed by atoms with Crippen LogP contribution in [0.1, 0.15) is 19.3 Å². The lowest BCUT2D eigenvalue weighted by Crippen LogP contribution is -2.50. The zero-order valence-corrected chi connectivity index (χ0v) is 15.7. The summed E-state index contributed by atoms with van der Waals surface area (Å²) in [5.41, 5.74) is 0. The van der Waals surface area contributed by atoms with Crippen LogP contribution in [0.4, 0.5) is 5.82 Å². The van der Waals surface area contributed by atoms with Crippen molar-refractivity contribution in [3.63, 3.8) is 0 Å². The number of carbonyl (C=O) groups is 1. The number of carbonyl (C=O) groups excluding carboxylic acids is 1. The van der Waals surface area contributed by atoms with Gasteiger partial charge in [-0.15, -0.1) is 0 Å². The molecule has 1 atom stereocenters. The van der Waals surface area contributed by atoms with Gasteiger partial charge in [-0.1, -0.05) is 12.1 Å². The maximum absolute atomic E-state index is 12.4. The molecule has 0 unspecified atom stereocenters. The predicted molar refractivity (Wildman–Crippen MR) is 103 cm³/mol. The number of anilines is 1. The third-order valence-corrected chi connectivity index (χ3v) is 5.91. The molecule has 2 aliphatic rings. The largest absolute Gasteiger partial charge is 0.376 e. The lowest BCUT2D eigenvalue weighted by molar-refractivity contribution is -0.138. The molecule has 1 amide bonds. The van der Waals surface area contributed by atoms with Crippen LogP contribution in [-0.4, -0.2) is 67.3 Å². The van der Waals surface area contributed by atoms with E-state index in [-0.39, 0.29) is 18.6 Å². The van der Waals surface area contributed by atoms with E-state index >= 15 is 0 Å². The van der Waals surface area contributed by atoms with Gasteiger partial charge >= 0.3 is 0 Å². The summed E-state index contributed by atoms with van der Waals surface area (Å²) < 4.78 is 17.1. The Bertz CT molecular complexity index is 736. The molecule has 7 heteroatoms. The first-order valence-corrected chi connectivity index (χ1v) is 10.1. The summed E-state index contributed by atoms with van der Waals surface area (Å²) in [5, 5.41) is 1.20. The van der Waals surface area contributed by atoms with Gasteiger partial charge in [-0.25, -0.2) is 0 Å². The molecule has 26 heavy (non-hydrogen) atoms. The van der Waals surface area contributed by atoms with E-state index < -0.39 is 0 Å². The van der Waals surface area contributed by atoms with Crippen LogP contribution in [0.15, 0.2) is 24.3 Å². The molecule has 0 aliphatic carbocycles. The highest BCUT2D eigenvalue weighted by molar-refractivity contribution is 7.13. The molecule has 0 radical (unpaired) electrons. The van der Waals surface area contributed by atoms with Gasteiger partial charge in [0.2, 0.25) is 5.91 Å². The molecular weight excluding hydrogens is 350 g/mol. The average Bonchev–Trinajstić information content (AvgIpc) is 3.13. The van der Waals surface area contributed by atoms with Crippen LogP contribution in [0, 0.1) is 0 Å². The van der Waals surface area contributed by atoms with Crippen LogP contribution in [-0.2, 0) is 14.3 Å². The molecule has 0 saturated carbocycles. The van der Waals surface area contributed by atoms with Gasteiger partial charge in [0.25, 0.3) is 0 Å². The van der Waals surface area contributed by atoms with Crippen molar-refractivity contribution in [2.75, 3.05) is 50.9 Å². The zero-order chi connectivity index (χ0) is 17.8. The van der Waals surface area contributed by atoms with E-state index in [1.54, 1.807) is 0 Å². The number of amides is 1. The number of nitrogens with zero attached hydrogens (tertiary/aromatic N) is 3. The van der Waals surface area contributed by atoms with Crippen molar-refractivity contribution in [1.82, 2.24) is 9.27 Å². The second-order valence-corrected chi connectivity index (χ2v) is 7.68. The summed E-state index contributed by atoms with van der Waals surface area (Å²) in [6, 6.07) is 8.31. The van der Waals surface area contributed by atoms with Crippen LogP contribution < -0.4 is 4.90 Å².